The summed E-state index contributed by atoms with van der Waals surface area (Å²) < 4.78 is 0. The molecule has 7 heteroatoms. The number of fused-ring (bicyclic) bond motifs is 1. The van der Waals surface area contributed by atoms with Crippen LogP contribution in [-0.2, 0) is 19.5 Å². The number of carbonyl (C=O) groups excluding carboxylic acids is 1. The van der Waals surface area contributed by atoms with Crippen molar-refractivity contribution in [1.82, 2.24) is 20.4 Å². The van der Waals surface area contributed by atoms with Crippen LogP contribution in [0.5, 0.6) is 0 Å². The molecule has 2 N–H and O–H groups in total. The summed E-state index contributed by atoms with van der Waals surface area (Å²) >= 11 is 0. The van der Waals surface area contributed by atoms with E-state index in [1.807, 2.05) is 33.3 Å². The number of anilines is 1. The second-order valence-electron chi connectivity index (χ2n) is 6.18. The zero-order valence-electron chi connectivity index (χ0n) is 14.3. The predicted molar refractivity (Wildman–Crippen MR) is 97.8 cm³/mol. The minimum absolute atomic E-state index is 0. The fraction of sp³-hybridized carbons (Fsp3) is 0.412. The van der Waals surface area contributed by atoms with E-state index in [2.05, 4.69) is 32.5 Å². The zero-order chi connectivity index (χ0) is 16.4. The molecule has 1 amide bonds. The molecule has 1 aliphatic rings. The SMILES string of the molecule is CN(Cc1cccc(N(C)C)c1)C(=O)c1n[nH]c2c1CNCC2.Cl. The third kappa shape index (κ3) is 3.71. The second-order valence-corrected chi connectivity index (χ2v) is 6.18. The standard InChI is InChI=1S/C17H23N5O.ClH/c1-21(2)13-6-4-5-12(9-13)11-22(3)17(23)16-14-10-18-8-7-15(14)19-20-16;/h4-6,9,18H,7-8,10-11H2,1-3H3,(H,19,20);1H. The average Bonchev–Trinajstić information content (AvgIpc) is 2.98. The Hall–Kier alpha value is -2.05. The highest BCUT2D eigenvalue weighted by Crippen LogP contribution is 2.19. The number of nitrogens with one attached hydrogen (secondary N) is 2. The third-order valence-corrected chi connectivity index (χ3v) is 4.20. The minimum atomic E-state index is -0.0403. The number of nitrogens with zero attached hydrogens (tertiary/aromatic N) is 3. The molecule has 0 spiro atoms. The van der Waals surface area contributed by atoms with Crippen molar-refractivity contribution in [2.75, 3.05) is 32.6 Å². The molecule has 0 aliphatic carbocycles. The summed E-state index contributed by atoms with van der Waals surface area (Å²) in [6, 6.07) is 8.22. The summed E-state index contributed by atoms with van der Waals surface area (Å²) in [5, 5.41) is 10.5. The van der Waals surface area contributed by atoms with Gasteiger partial charge < -0.3 is 15.1 Å². The van der Waals surface area contributed by atoms with Gasteiger partial charge in [-0.05, 0) is 17.7 Å². The summed E-state index contributed by atoms with van der Waals surface area (Å²) in [6.07, 6.45) is 0.893. The lowest BCUT2D eigenvalue weighted by Gasteiger charge is -2.19. The van der Waals surface area contributed by atoms with Gasteiger partial charge in [-0.2, -0.15) is 5.10 Å². The minimum Gasteiger partial charge on any atom is -0.378 e. The van der Waals surface area contributed by atoms with Crippen molar-refractivity contribution >= 4 is 24.0 Å². The Kier molecular flexibility index (Phi) is 5.85. The number of benzene rings is 1. The molecule has 0 radical (unpaired) electrons. The molecule has 130 valence electrons. The fourth-order valence-corrected chi connectivity index (χ4v) is 2.86. The first kappa shape index (κ1) is 18.3. The van der Waals surface area contributed by atoms with E-state index in [4.69, 9.17) is 0 Å². The molecule has 0 unspecified atom stereocenters. The van der Waals surface area contributed by atoms with E-state index in [-0.39, 0.29) is 18.3 Å². The van der Waals surface area contributed by atoms with Gasteiger partial charge in [-0.1, -0.05) is 12.1 Å². The van der Waals surface area contributed by atoms with Gasteiger partial charge in [0, 0.05) is 64.1 Å². The Labute approximate surface area is 148 Å². The molecule has 6 nitrogen and oxygen atoms in total. The smallest absolute Gasteiger partial charge is 0.274 e. The van der Waals surface area contributed by atoms with Crippen LogP contribution >= 0.6 is 12.4 Å². The van der Waals surface area contributed by atoms with E-state index in [0.29, 0.717) is 18.8 Å². The van der Waals surface area contributed by atoms with Crippen LogP contribution < -0.4 is 10.2 Å². The second kappa shape index (κ2) is 7.68. The van der Waals surface area contributed by atoms with Crippen LogP contribution in [0.4, 0.5) is 5.69 Å². The first-order valence-electron chi connectivity index (χ1n) is 7.85. The number of halogens is 1. The quantitative estimate of drug-likeness (QED) is 0.883. The molecule has 24 heavy (non-hydrogen) atoms. The van der Waals surface area contributed by atoms with Crippen LogP contribution in [0.2, 0.25) is 0 Å². The van der Waals surface area contributed by atoms with Gasteiger partial charge in [-0.25, -0.2) is 0 Å². The van der Waals surface area contributed by atoms with Crippen LogP contribution in [0, 0.1) is 0 Å². The maximum atomic E-state index is 12.7. The van der Waals surface area contributed by atoms with Gasteiger partial charge in [0.05, 0.1) is 0 Å². The number of carbonyl (C=O) groups is 1. The van der Waals surface area contributed by atoms with Crippen molar-refractivity contribution in [3.05, 3.63) is 46.8 Å². The Morgan fingerprint density at radius 1 is 1.29 bits per heavy atom. The number of hydrogen-bond donors (Lipinski definition) is 2. The van der Waals surface area contributed by atoms with Crippen LogP contribution in [0.15, 0.2) is 24.3 Å². The number of aromatic amines is 1. The molecule has 0 saturated heterocycles. The maximum absolute atomic E-state index is 12.7. The molecule has 2 heterocycles. The van der Waals surface area contributed by atoms with Crippen molar-refractivity contribution in [3.63, 3.8) is 0 Å². The highest BCUT2D eigenvalue weighted by Gasteiger charge is 2.23. The number of aromatic nitrogens is 2. The Morgan fingerprint density at radius 2 is 2.08 bits per heavy atom. The van der Waals surface area contributed by atoms with E-state index in [1.165, 1.54) is 0 Å². The van der Waals surface area contributed by atoms with E-state index in [1.54, 1.807) is 4.90 Å². The van der Waals surface area contributed by atoms with E-state index in [0.717, 1.165) is 35.5 Å². The lowest BCUT2D eigenvalue weighted by atomic mass is 10.1. The van der Waals surface area contributed by atoms with Crippen molar-refractivity contribution in [3.8, 4) is 0 Å². The first-order valence-corrected chi connectivity index (χ1v) is 7.85. The molecular weight excluding hydrogens is 326 g/mol. The van der Waals surface area contributed by atoms with Crippen molar-refractivity contribution < 1.29 is 4.79 Å². The van der Waals surface area contributed by atoms with E-state index in [9.17, 15) is 4.79 Å². The molecule has 1 aromatic carbocycles. The van der Waals surface area contributed by atoms with Crippen LogP contribution in [0.25, 0.3) is 0 Å². The average molecular weight is 350 g/mol. The van der Waals surface area contributed by atoms with Crippen molar-refractivity contribution in [1.29, 1.82) is 0 Å². The Bertz CT molecular complexity index is 713. The van der Waals surface area contributed by atoms with Crippen LogP contribution in [-0.4, -0.2) is 48.7 Å². The van der Waals surface area contributed by atoms with Gasteiger partial charge >= 0.3 is 0 Å². The molecule has 1 aliphatic heterocycles. The Balaban J connectivity index is 0.00000208. The predicted octanol–water partition coefficient (Wildman–Crippen LogP) is 1.82. The van der Waals surface area contributed by atoms with E-state index < -0.39 is 0 Å². The number of H-pyrrole nitrogens is 1. The van der Waals surface area contributed by atoms with Gasteiger partial charge in [0.2, 0.25) is 0 Å². The van der Waals surface area contributed by atoms with Crippen LogP contribution in [0.1, 0.15) is 27.3 Å². The number of rotatable bonds is 4. The summed E-state index contributed by atoms with van der Waals surface area (Å²) in [6.45, 7) is 2.20. The number of amides is 1. The van der Waals surface area contributed by atoms with Crippen LogP contribution in [0.3, 0.4) is 0 Å². The normalized spacial score (nSPS) is 13.0. The molecule has 0 atom stereocenters. The van der Waals surface area contributed by atoms with Gasteiger partial charge in [-0.3, -0.25) is 9.89 Å². The number of hydrogen-bond acceptors (Lipinski definition) is 4. The summed E-state index contributed by atoms with van der Waals surface area (Å²) in [5.41, 5.74) is 4.86. The summed E-state index contributed by atoms with van der Waals surface area (Å²) in [4.78, 5) is 16.5. The lowest BCUT2D eigenvalue weighted by Crippen LogP contribution is -2.30. The highest BCUT2D eigenvalue weighted by molar-refractivity contribution is 5.93. The summed E-state index contributed by atoms with van der Waals surface area (Å²) in [7, 11) is 5.84. The maximum Gasteiger partial charge on any atom is 0.274 e. The van der Waals surface area contributed by atoms with Gasteiger partial charge in [0.25, 0.3) is 5.91 Å². The van der Waals surface area contributed by atoms with Gasteiger partial charge in [0.1, 0.15) is 0 Å². The third-order valence-electron chi connectivity index (χ3n) is 4.20. The molecule has 0 fully saturated rings. The largest absolute Gasteiger partial charge is 0.378 e. The van der Waals surface area contributed by atoms with Crippen molar-refractivity contribution in [2.45, 2.75) is 19.5 Å². The lowest BCUT2D eigenvalue weighted by molar-refractivity contribution is 0.0778. The molecule has 0 bridgehead atoms. The Morgan fingerprint density at radius 3 is 2.83 bits per heavy atom. The van der Waals surface area contributed by atoms with E-state index >= 15 is 0 Å². The zero-order valence-corrected chi connectivity index (χ0v) is 15.1. The molecular formula is C17H24ClN5O. The molecule has 2 aromatic rings. The molecule has 1 aromatic heterocycles. The highest BCUT2D eigenvalue weighted by atomic mass is 35.5. The monoisotopic (exact) mass is 349 g/mol. The summed E-state index contributed by atoms with van der Waals surface area (Å²) in [5.74, 6) is -0.0403. The fourth-order valence-electron chi connectivity index (χ4n) is 2.86. The van der Waals surface area contributed by atoms with Gasteiger partial charge in [0.15, 0.2) is 5.69 Å². The molecule has 0 saturated carbocycles. The van der Waals surface area contributed by atoms with Crippen molar-refractivity contribution in [2.24, 2.45) is 0 Å². The topological polar surface area (TPSA) is 64.3 Å². The van der Waals surface area contributed by atoms with Gasteiger partial charge in [-0.15, -0.1) is 12.4 Å². The first-order chi connectivity index (χ1) is 11.1. The molecule has 3 rings (SSSR count).